The average Bonchev–Trinajstić information content (AvgIpc) is 2.78. The van der Waals surface area contributed by atoms with Crippen LogP contribution in [0.1, 0.15) is 57.4 Å². The number of nitrogens with zero attached hydrogens (tertiary/aromatic N) is 2. The highest BCUT2D eigenvalue weighted by molar-refractivity contribution is 6.07. The lowest BCUT2D eigenvalue weighted by molar-refractivity contribution is -0.133. The molecule has 1 aliphatic heterocycles. The fourth-order valence-electron chi connectivity index (χ4n) is 4.12. The van der Waals surface area contributed by atoms with Gasteiger partial charge < -0.3 is 5.73 Å². The predicted molar refractivity (Wildman–Crippen MR) is 92.9 cm³/mol. The molecule has 2 aliphatic rings. The van der Waals surface area contributed by atoms with Crippen LogP contribution in [0.4, 0.5) is 0 Å². The van der Waals surface area contributed by atoms with Crippen molar-refractivity contribution in [1.29, 1.82) is 0 Å². The van der Waals surface area contributed by atoms with Gasteiger partial charge in [-0.05, 0) is 30.7 Å². The van der Waals surface area contributed by atoms with Crippen molar-refractivity contribution >= 4 is 11.9 Å². The second-order valence-electron chi connectivity index (χ2n) is 6.75. The molecule has 4 nitrogen and oxygen atoms in total. The smallest absolute Gasteiger partial charge is 0.262 e. The second kappa shape index (κ2) is 6.73. The molecule has 0 aromatic heterocycles. The molecule has 1 aromatic carbocycles. The summed E-state index contributed by atoms with van der Waals surface area (Å²) in [7, 11) is 0. The molecule has 1 heterocycles. The molecule has 0 radical (unpaired) electrons. The Morgan fingerprint density at radius 3 is 2.43 bits per heavy atom. The molecule has 1 fully saturated rings. The minimum absolute atomic E-state index is 0.0787. The summed E-state index contributed by atoms with van der Waals surface area (Å²) in [5.41, 5.74) is 6.37. The first-order valence-corrected chi connectivity index (χ1v) is 8.93. The summed E-state index contributed by atoms with van der Waals surface area (Å²) < 4.78 is 0. The third-order valence-corrected chi connectivity index (χ3v) is 5.25. The number of nitrogens with two attached hydrogens (primary N) is 1. The molecule has 2 N–H and O–H groups in total. The van der Waals surface area contributed by atoms with Gasteiger partial charge >= 0.3 is 0 Å². The lowest BCUT2D eigenvalue weighted by Crippen LogP contribution is -2.46. The van der Waals surface area contributed by atoms with Gasteiger partial charge in [0.1, 0.15) is 0 Å². The van der Waals surface area contributed by atoms with E-state index in [4.69, 9.17) is 10.7 Å². The van der Waals surface area contributed by atoms with E-state index in [1.54, 1.807) is 4.90 Å². The van der Waals surface area contributed by atoms with Crippen molar-refractivity contribution in [3.05, 3.63) is 35.9 Å². The number of carbonyl (C=O) groups is 1. The average molecular weight is 313 g/mol. The van der Waals surface area contributed by atoms with Gasteiger partial charge in [0.05, 0.1) is 0 Å². The molecule has 0 bridgehead atoms. The van der Waals surface area contributed by atoms with Crippen molar-refractivity contribution in [1.82, 2.24) is 4.90 Å². The van der Waals surface area contributed by atoms with E-state index in [0.717, 1.165) is 24.8 Å². The van der Waals surface area contributed by atoms with Gasteiger partial charge in [-0.2, -0.15) is 0 Å². The van der Waals surface area contributed by atoms with E-state index in [1.165, 1.54) is 25.7 Å². The SMILES string of the molecule is CCCN1C(=O)C(c2ccccc2)(C2CCCCCC2)N=C1N. The lowest BCUT2D eigenvalue weighted by atomic mass is 9.74. The fraction of sp³-hybridized carbons (Fsp3) is 0.579. The number of amides is 1. The molecule has 124 valence electrons. The summed E-state index contributed by atoms with van der Waals surface area (Å²) in [5.74, 6) is 0.722. The summed E-state index contributed by atoms with van der Waals surface area (Å²) in [5, 5.41) is 0. The van der Waals surface area contributed by atoms with Gasteiger partial charge in [0.2, 0.25) is 0 Å². The lowest BCUT2D eigenvalue weighted by Gasteiger charge is -2.34. The largest absolute Gasteiger partial charge is 0.369 e. The molecule has 0 saturated heterocycles. The maximum Gasteiger partial charge on any atom is 0.262 e. The Morgan fingerprint density at radius 1 is 1.17 bits per heavy atom. The summed E-state index contributed by atoms with van der Waals surface area (Å²) in [4.78, 5) is 19.9. The van der Waals surface area contributed by atoms with Crippen LogP contribution in [0.15, 0.2) is 35.3 Å². The summed E-state index contributed by atoms with van der Waals surface area (Å²) in [6.07, 6.45) is 7.86. The van der Waals surface area contributed by atoms with Crippen LogP contribution in [0, 0.1) is 5.92 Å². The van der Waals surface area contributed by atoms with Crippen LogP contribution in [0.2, 0.25) is 0 Å². The first-order chi connectivity index (χ1) is 11.2. The maximum absolute atomic E-state index is 13.4. The van der Waals surface area contributed by atoms with E-state index < -0.39 is 5.54 Å². The zero-order valence-electron chi connectivity index (χ0n) is 14.0. The second-order valence-corrected chi connectivity index (χ2v) is 6.75. The fourth-order valence-corrected chi connectivity index (χ4v) is 4.12. The van der Waals surface area contributed by atoms with Gasteiger partial charge in [0, 0.05) is 6.54 Å². The monoisotopic (exact) mass is 313 g/mol. The van der Waals surface area contributed by atoms with Crippen LogP contribution in [0.5, 0.6) is 0 Å². The van der Waals surface area contributed by atoms with Gasteiger partial charge in [-0.1, -0.05) is 62.9 Å². The summed E-state index contributed by atoms with van der Waals surface area (Å²) in [6.45, 7) is 2.71. The molecule has 1 atom stereocenters. The third-order valence-electron chi connectivity index (χ3n) is 5.25. The van der Waals surface area contributed by atoms with Gasteiger partial charge in [-0.3, -0.25) is 9.69 Å². The van der Waals surface area contributed by atoms with Crippen LogP contribution < -0.4 is 5.73 Å². The quantitative estimate of drug-likeness (QED) is 0.866. The Hall–Kier alpha value is -1.84. The first-order valence-electron chi connectivity index (χ1n) is 8.93. The molecule has 23 heavy (non-hydrogen) atoms. The summed E-state index contributed by atoms with van der Waals surface area (Å²) in [6, 6.07) is 10.1. The van der Waals surface area contributed by atoms with E-state index >= 15 is 0 Å². The Kier molecular flexibility index (Phi) is 4.69. The molecule has 1 aliphatic carbocycles. The van der Waals surface area contributed by atoms with Gasteiger partial charge in [0.15, 0.2) is 11.5 Å². The highest BCUT2D eigenvalue weighted by atomic mass is 16.2. The topological polar surface area (TPSA) is 58.7 Å². The number of hydrogen-bond donors (Lipinski definition) is 1. The van der Waals surface area contributed by atoms with E-state index in [9.17, 15) is 4.79 Å². The minimum Gasteiger partial charge on any atom is -0.369 e. The molecular weight excluding hydrogens is 286 g/mol. The Bertz CT molecular complexity index is 576. The van der Waals surface area contributed by atoms with Crippen LogP contribution in [0.3, 0.4) is 0 Å². The van der Waals surface area contributed by atoms with Crippen molar-refractivity contribution in [3.8, 4) is 0 Å². The maximum atomic E-state index is 13.4. The first kappa shape index (κ1) is 16.0. The molecule has 4 heteroatoms. The predicted octanol–water partition coefficient (Wildman–Crippen LogP) is 3.42. The van der Waals surface area contributed by atoms with Crippen molar-refractivity contribution in [2.24, 2.45) is 16.6 Å². The highest BCUT2D eigenvalue weighted by Gasteiger charge is 2.53. The van der Waals surface area contributed by atoms with E-state index in [2.05, 4.69) is 6.92 Å². The zero-order valence-corrected chi connectivity index (χ0v) is 14.0. The number of benzene rings is 1. The Balaban J connectivity index is 2.06. The van der Waals surface area contributed by atoms with Crippen molar-refractivity contribution in [2.75, 3.05) is 6.54 Å². The summed E-state index contributed by atoms with van der Waals surface area (Å²) >= 11 is 0. The Labute approximate surface area is 138 Å². The molecule has 1 saturated carbocycles. The van der Waals surface area contributed by atoms with Crippen LogP contribution >= 0.6 is 0 Å². The number of aliphatic imine (C=N–C) groups is 1. The third kappa shape index (κ3) is 2.75. The van der Waals surface area contributed by atoms with Crippen LogP contribution in [-0.4, -0.2) is 23.3 Å². The van der Waals surface area contributed by atoms with Crippen LogP contribution in [-0.2, 0) is 10.3 Å². The van der Waals surface area contributed by atoms with Crippen molar-refractivity contribution < 1.29 is 4.79 Å². The zero-order chi connectivity index (χ0) is 16.3. The number of guanidine groups is 1. The van der Waals surface area contributed by atoms with Gasteiger partial charge in [-0.25, -0.2) is 4.99 Å². The number of hydrogen-bond acceptors (Lipinski definition) is 3. The number of carbonyl (C=O) groups excluding carboxylic acids is 1. The Morgan fingerprint density at radius 2 is 1.83 bits per heavy atom. The standard InChI is InChI=1S/C19H27N3O/c1-2-14-22-17(23)19(21-18(22)20,16-12-8-5-9-13-16)15-10-6-3-4-7-11-15/h5,8-9,12-13,15H,2-4,6-7,10-11,14H2,1H3,(H2,20,21). The van der Waals surface area contributed by atoms with Gasteiger partial charge in [0.25, 0.3) is 5.91 Å². The molecule has 1 unspecified atom stereocenters. The van der Waals surface area contributed by atoms with E-state index in [1.807, 2.05) is 30.3 Å². The number of rotatable bonds is 4. The van der Waals surface area contributed by atoms with Gasteiger partial charge in [-0.15, -0.1) is 0 Å². The minimum atomic E-state index is -0.801. The highest BCUT2D eigenvalue weighted by Crippen LogP contribution is 2.45. The normalized spacial score (nSPS) is 26.2. The van der Waals surface area contributed by atoms with Crippen LogP contribution in [0.25, 0.3) is 0 Å². The van der Waals surface area contributed by atoms with Crippen molar-refractivity contribution in [2.45, 2.75) is 57.4 Å². The molecule has 0 spiro atoms. The van der Waals surface area contributed by atoms with E-state index in [0.29, 0.717) is 12.5 Å². The molecule has 3 rings (SSSR count). The molecule has 1 aromatic rings. The van der Waals surface area contributed by atoms with Crippen molar-refractivity contribution in [3.63, 3.8) is 0 Å². The molecule has 1 amide bonds. The van der Waals surface area contributed by atoms with E-state index in [-0.39, 0.29) is 11.8 Å². The molecular formula is C19H27N3O.